The van der Waals surface area contributed by atoms with Crippen LogP contribution in [0, 0.1) is 0 Å². The van der Waals surface area contributed by atoms with Gasteiger partial charge in [0.1, 0.15) is 0 Å². The molecule has 0 saturated heterocycles. The van der Waals surface area contributed by atoms with Crippen molar-refractivity contribution in [2.24, 2.45) is 0 Å². The molecule has 0 fully saturated rings. The molecule has 0 radical (unpaired) electrons. The Labute approximate surface area is 151 Å². The molecule has 0 saturated carbocycles. The summed E-state index contributed by atoms with van der Waals surface area (Å²) in [6.45, 7) is 11.1. The largest absolute Gasteiger partial charge is 0.416 e. The highest BCUT2D eigenvalue weighted by Gasteiger charge is 2.31. The van der Waals surface area contributed by atoms with Crippen molar-refractivity contribution in [3.63, 3.8) is 0 Å². The van der Waals surface area contributed by atoms with Gasteiger partial charge in [-0.1, -0.05) is 39.3 Å². The summed E-state index contributed by atoms with van der Waals surface area (Å²) in [6, 6.07) is 5.57. The fraction of sp³-hybridized carbons (Fsp3) is 0.700. The van der Waals surface area contributed by atoms with Crippen molar-refractivity contribution in [2.75, 3.05) is 33.9 Å². The van der Waals surface area contributed by atoms with Crippen molar-refractivity contribution in [3.8, 4) is 0 Å². The predicted octanol–water partition coefficient (Wildman–Crippen LogP) is 5.76. The van der Waals surface area contributed by atoms with E-state index in [1.165, 1.54) is 25.0 Å². The molecule has 0 bridgehead atoms. The van der Waals surface area contributed by atoms with Crippen molar-refractivity contribution in [3.05, 3.63) is 35.4 Å². The van der Waals surface area contributed by atoms with E-state index in [4.69, 9.17) is 0 Å². The number of nitrogens with zero attached hydrogens (tertiary/aromatic N) is 1. The number of halogens is 3. The van der Waals surface area contributed by atoms with Gasteiger partial charge in [0.2, 0.25) is 0 Å². The summed E-state index contributed by atoms with van der Waals surface area (Å²) in [6.07, 6.45) is -0.981. The summed E-state index contributed by atoms with van der Waals surface area (Å²) >= 11 is 0. The van der Waals surface area contributed by atoms with Crippen LogP contribution in [0.5, 0.6) is 0 Å². The number of rotatable bonds is 8. The minimum absolute atomic E-state index is 0.120. The highest BCUT2D eigenvalue weighted by molar-refractivity contribution is 5.29. The third-order valence-electron chi connectivity index (χ3n) is 4.29. The number of hydrogen-bond acceptors (Lipinski definition) is 2. The van der Waals surface area contributed by atoms with Gasteiger partial charge in [0.25, 0.3) is 0 Å². The van der Waals surface area contributed by atoms with Crippen molar-refractivity contribution in [1.82, 2.24) is 4.90 Å². The van der Waals surface area contributed by atoms with Gasteiger partial charge >= 0.3 is 6.18 Å². The Bertz CT molecular complexity index is 453. The van der Waals surface area contributed by atoms with Gasteiger partial charge < -0.3 is 9.64 Å². The van der Waals surface area contributed by atoms with Crippen LogP contribution in [-0.4, -0.2) is 38.8 Å². The van der Waals surface area contributed by atoms with Gasteiger partial charge in [-0.2, -0.15) is 13.2 Å². The predicted molar refractivity (Wildman–Crippen MR) is 99.0 cm³/mol. The molecule has 25 heavy (non-hydrogen) atoms. The Hall–Kier alpha value is -1.07. The second-order valence-electron chi connectivity index (χ2n) is 6.94. The van der Waals surface area contributed by atoms with Crippen LogP contribution < -0.4 is 0 Å². The molecule has 0 heterocycles. The van der Waals surface area contributed by atoms with E-state index >= 15 is 0 Å². The Morgan fingerprint density at radius 1 is 0.960 bits per heavy atom. The molecule has 146 valence electrons. The second-order valence-corrected chi connectivity index (χ2v) is 6.94. The zero-order valence-electron chi connectivity index (χ0n) is 16.5. The summed E-state index contributed by atoms with van der Waals surface area (Å²) in [5.41, 5.74) is 0.256. The maximum absolute atomic E-state index is 12.6. The molecular weight excluding hydrogens is 327 g/mol. The molecule has 0 spiro atoms. The van der Waals surface area contributed by atoms with E-state index < -0.39 is 11.7 Å². The Morgan fingerprint density at radius 2 is 1.44 bits per heavy atom. The lowest BCUT2D eigenvalue weighted by molar-refractivity contribution is -0.137. The maximum Gasteiger partial charge on any atom is 0.416 e. The van der Waals surface area contributed by atoms with E-state index in [1.54, 1.807) is 19.2 Å². The monoisotopic (exact) mass is 361 g/mol. The highest BCUT2D eigenvalue weighted by Crippen LogP contribution is 2.32. The van der Waals surface area contributed by atoms with Crippen LogP contribution >= 0.6 is 0 Å². The third kappa shape index (κ3) is 9.85. The molecule has 0 amide bonds. The quantitative estimate of drug-likeness (QED) is 0.584. The minimum Gasteiger partial charge on any atom is -0.385 e. The molecule has 0 aromatic heterocycles. The first-order valence-corrected chi connectivity index (χ1v) is 8.93. The molecule has 1 aromatic rings. The lowest BCUT2D eigenvalue weighted by Crippen LogP contribution is -2.28. The molecule has 0 N–H and O–H groups in total. The number of unbranched alkanes of at least 4 members (excludes halogenated alkanes) is 1. The molecule has 0 aliphatic heterocycles. The molecule has 0 aliphatic carbocycles. The van der Waals surface area contributed by atoms with Gasteiger partial charge in [-0.15, -0.1) is 0 Å². The van der Waals surface area contributed by atoms with Gasteiger partial charge in [-0.3, -0.25) is 0 Å². The Balaban J connectivity index is 0.00000129. The normalized spacial score (nSPS) is 12.1. The van der Waals surface area contributed by atoms with Crippen molar-refractivity contribution in [1.29, 1.82) is 0 Å². The smallest absolute Gasteiger partial charge is 0.385 e. The van der Waals surface area contributed by atoms with Gasteiger partial charge in [0.15, 0.2) is 0 Å². The first-order chi connectivity index (χ1) is 11.6. The average Bonchev–Trinajstić information content (AvgIpc) is 2.57. The van der Waals surface area contributed by atoms with Crippen LogP contribution in [-0.2, 0) is 16.3 Å². The molecule has 1 aromatic carbocycles. The number of methoxy groups -OCH3 is 1. The molecule has 2 nitrogen and oxygen atoms in total. The maximum atomic E-state index is 12.6. The Morgan fingerprint density at radius 3 is 1.84 bits per heavy atom. The summed E-state index contributed by atoms with van der Waals surface area (Å²) < 4.78 is 42.3. The number of hydrogen-bond donors (Lipinski definition) is 0. The Kier molecular flexibility index (Phi) is 11.0. The number of alkyl halides is 3. The van der Waals surface area contributed by atoms with Crippen molar-refractivity contribution < 1.29 is 17.9 Å². The first kappa shape index (κ1) is 23.9. The SMILES string of the molecule is CCCCN(C)CCC(C)(C)c1ccc(C(F)(F)F)cc1.CCOC. The van der Waals surface area contributed by atoms with Gasteiger partial charge in [-0.05, 0) is 63.0 Å². The van der Waals surface area contributed by atoms with E-state index in [9.17, 15) is 13.2 Å². The summed E-state index contributed by atoms with van der Waals surface area (Å²) in [5.74, 6) is 0. The number of benzene rings is 1. The topological polar surface area (TPSA) is 12.5 Å². The zero-order valence-corrected chi connectivity index (χ0v) is 16.5. The van der Waals surface area contributed by atoms with E-state index in [0.29, 0.717) is 0 Å². The molecule has 0 atom stereocenters. The van der Waals surface area contributed by atoms with Gasteiger partial charge in [-0.25, -0.2) is 0 Å². The second kappa shape index (κ2) is 11.5. The van der Waals surface area contributed by atoms with E-state index in [0.717, 1.165) is 31.7 Å². The first-order valence-electron chi connectivity index (χ1n) is 8.93. The zero-order chi connectivity index (χ0) is 19.5. The highest BCUT2D eigenvalue weighted by atomic mass is 19.4. The molecule has 0 aliphatic rings. The van der Waals surface area contributed by atoms with Crippen LogP contribution in [0.1, 0.15) is 58.1 Å². The van der Waals surface area contributed by atoms with E-state index in [-0.39, 0.29) is 5.41 Å². The van der Waals surface area contributed by atoms with E-state index in [1.807, 2.05) is 6.92 Å². The summed E-state index contributed by atoms with van der Waals surface area (Å²) in [7, 11) is 3.78. The lowest BCUT2D eigenvalue weighted by atomic mass is 9.81. The average molecular weight is 361 g/mol. The van der Waals surface area contributed by atoms with Crippen LogP contribution in [0.2, 0.25) is 0 Å². The lowest BCUT2D eigenvalue weighted by Gasteiger charge is -2.28. The molecule has 1 rings (SSSR count). The van der Waals surface area contributed by atoms with Crippen LogP contribution in [0.3, 0.4) is 0 Å². The van der Waals surface area contributed by atoms with Crippen LogP contribution in [0.4, 0.5) is 13.2 Å². The fourth-order valence-electron chi connectivity index (χ4n) is 2.26. The minimum atomic E-state index is -4.26. The molecule has 0 unspecified atom stereocenters. The summed E-state index contributed by atoms with van der Waals surface area (Å²) in [5, 5.41) is 0. The number of ether oxygens (including phenoxy) is 1. The van der Waals surface area contributed by atoms with Crippen molar-refractivity contribution in [2.45, 2.75) is 58.5 Å². The molecule has 5 heteroatoms. The summed E-state index contributed by atoms with van der Waals surface area (Å²) in [4.78, 5) is 2.29. The third-order valence-corrected chi connectivity index (χ3v) is 4.29. The van der Waals surface area contributed by atoms with Crippen molar-refractivity contribution >= 4 is 0 Å². The fourth-order valence-corrected chi connectivity index (χ4v) is 2.26. The molecular formula is C20H34F3NO. The van der Waals surface area contributed by atoms with Gasteiger partial charge in [0.05, 0.1) is 5.56 Å². The van der Waals surface area contributed by atoms with E-state index in [2.05, 4.69) is 37.5 Å². The van der Waals surface area contributed by atoms with Gasteiger partial charge in [0, 0.05) is 13.7 Å². The van der Waals surface area contributed by atoms with Crippen LogP contribution in [0.15, 0.2) is 24.3 Å². The van der Waals surface area contributed by atoms with Crippen LogP contribution in [0.25, 0.3) is 0 Å². The standard InChI is InChI=1S/C17H26F3N.C3H8O/c1-5-6-12-21(4)13-11-16(2,3)14-7-9-15(10-8-14)17(18,19)20;1-3-4-2/h7-10H,5-6,11-13H2,1-4H3;3H2,1-2H3.